The molecule has 23 heavy (non-hydrogen) atoms. The van der Waals surface area contributed by atoms with Crippen molar-refractivity contribution in [3.8, 4) is 0 Å². The fourth-order valence-electron chi connectivity index (χ4n) is 2.38. The molecule has 0 saturated heterocycles. The van der Waals surface area contributed by atoms with Gasteiger partial charge in [0.2, 0.25) is 5.55 Å². The van der Waals surface area contributed by atoms with Gasteiger partial charge >= 0.3 is 0 Å². The average Bonchev–Trinajstić information content (AvgIpc) is 2.55. The summed E-state index contributed by atoms with van der Waals surface area (Å²) in [5.41, 5.74) is 1.66. The molecule has 0 unspecified atom stereocenters. The van der Waals surface area contributed by atoms with Gasteiger partial charge in [-0.05, 0) is 36.8 Å². The van der Waals surface area contributed by atoms with Crippen molar-refractivity contribution < 1.29 is 9.21 Å². The molecule has 0 saturated carbocycles. The molecule has 5 heteroatoms. The molecular weight excluding hydrogens is 356 g/mol. The van der Waals surface area contributed by atoms with Crippen LogP contribution in [0.25, 0.3) is 11.0 Å². The zero-order valence-electron chi connectivity index (χ0n) is 12.5. The van der Waals surface area contributed by atoms with Crippen LogP contribution in [-0.4, -0.2) is 5.91 Å². The predicted octanol–water partition coefficient (Wildman–Crippen LogP) is 4.17. The fraction of sp³-hybridized carbons (Fsp3) is 0.111. The van der Waals surface area contributed by atoms with Crippen molar-refractivity contribution >= 4 is 32.8 Å². The lowest BCUT2D eigenvalue weighted by Crippen LogP contribution is -2.30. The SMILES string of the molecule is C[C@H](NC(=O)c1cc2cc(Br)ccc2oc1=N)c1ccccc1. The first kappa shape index (κ1) is 15.5. The average molecular weight is 371 g/mol. The van der Waals surface area contributed by atoms with E-state index in [1.54, 1.807) is 12.1 Å². The van der Waals surface area contributed by atoms with Gasteiger partial charge in [-0.1, -0.05) is 46.3 Å². The smallest absolute Gasteiger partial charge is 0.257 e. The second-order valence-corrected chi connectivity index (χ2v) is 6.19. The Morgan fingerprint density at radius 1 is 1.17 bits per heavy atom. The first-order valence-electron chi connectivity index (χ1n) is 7.18. The number of halogens is 1. The van der Waals surface area contributed by atoms with E-state index in [9.17, 15) is 4.79 Å². The summed E-state index contributed by atoms with van der Waals surface area (Å²) in [4.78, 5) is 12.5. The topological polar surface area (TPSA) is 66.1 Å². The molecule has 0 bridgehead atoms. The highest BCUT2D eigenvalue weighted by Gasteiger charge is 2.15. The monoisotopic (exact) mass is 370 g/mol. The van der Waals surface area contributed by atoms with Gasteiger partial charge in [0.1, 0.15) is 11.1 Å². The van der Waals surface area contributed by atoms with Crippen LogP contribution in [0.3, 0.4) is 0 Å². The zero-order valence-corrected chi connectivity index (χ0v) is 14.1. The molecule has 4 nitrogen and oxygen atoms in total. The van der Waals surface area contributed by atoms with Gasteiger partial charge in [0.15, 0.2) is 0 Å². The Balaban J connectivity index is 1.91. The van der Waals surface area contributed by atoms with Crippen LogP contribution in [0.4, 0.5) is 0 Å². The van der Waals surface area contributed by atoms with Crippen LogP contribution in [0.1, 0.15) is 28.9 Å². The molecule has 116 valence electrons. The van der Waals surface area contributed by atoms with Crippen molar-refractivity contribution in [1.82, 2.24) is 5.32 Å². The number of carbonyl (C=O) groups excluding carboxylic acids is 1. The van der Waals surface area contributed by atoms with Crippen molar-refractivity contribution in [2.45, 2.75) is 13.0 Å². The molecule has 0 aliphatic rings. The second-order valence-electron chi connectivity index (χ2n) is 5.28. The van der Waals surface area contributed by atoms with E-state index in [1.165, 1.54) is 0 Å². The molecule has 3 aromatic rings. The molecule has 0 spiro atoms. The van der Waals surface area contributed by atoms with Crippen LogP contribution in [0, 0.1) is 5.41 Å². The van der Waals surface area contributed by atoms with Gasteiger partial charge in [0, 0.05) is 9.86 Å². The molecule has 3 rings (SSSR count). The summed E-state index contributed by atoms with van der Waals surface area (Å²) < 4.78 is 6.33. The van der Waals surface area contributed by atoms with Crippen LogP contribution in [0.2, 0.25) is 0 Å². The first-order chi connectivity index (χ1) is 11.0. The molecular formula is C18H15BrN2O2. The fourth-order valence-corrected chi connectivity index (χ4v) is 2.76. The summed E-state index contributed by atoms with van der Waals surface area (Å²) in [7, 11) is 0. The summed E-state index contributed by atoms with van der Waals surface area (Å²) in [6.45, 7) is 1.91. The van der Waals surface area contributed by atoms with Gasteiger partial charge in [-0.2, -0.15) is 0 Å². The molecule has 1 heterocycles. The molecule has 0 radical (unpaired) electrons. The van der Waals surface area contributed by atoms with Crippen molar-refractivity contribution in [3.63, 3.8) is 0 Å². The minimum atomic E-state index is -0.322. The Morgan fingerprint density at radius 2 is 1.91 bits per heavy atom. The second kappa shape index (κ2) is 6.38. The highest BCUT2D eigenvalue weighted by molar-refractivity contribution is 9.10. The van der Waals surface area contributed by atoms with Crippen LogP contribution < -0.4 is 10.9 Å². The van der Waals surface area contributed by atoms with Gasteiger partial charge in [0.05, 0.1) is 6.04 Å². The number of carbonyl (C=O) groups is 1. The van der Waals surface area contributed by atoms with Crippen molar-refractivity contribution in [3.05, 3.63) is 75.8 Å². The third-order valence-electron chi connectivity index (χ3n) is 3.62. The Labute approximate surface area is 141 Å². The molecule has 0 fully saturated rings. The van der Waals surface area contributed by atoms with Gasteiger partial charge in [-0.3, -0.25) is 10.2 Å². The van der Waals surface area contributed by atoms with Crippen LogP contribution in [-0.2, 0) is 0 Å². The van der Waals surface area contributed by atoms with E-state index in [0.717, 1.165) is 15.4 Å². The molecule has 1 atom stereocenters. The maximum Gasteiger partial charge on any atom is 0.257 e. The molecule has 2 aromatic carbocycles. The number of benzene rings is 2. The molecule has 1 amide bonds. The summed E-state index contributed by atoms with van der Waals surface area (Å²) >= 11 is 3.39. The van der Waals surface area contributed by atoms with E-state index in [0.29, 0.717) is 5.58 Å². The number of hydrogen-bond donors (Lipinski definition) is 2. The maximum absolute atomic E-state index is 12.5. The number of nitrogens with one attached hydrogen (secondary N) is 2. The molecule has 0 aliphatic carbocycles. The lowest BCUT2D eigenvalue weighted by atomic mass is 10.1. The normalized spacial score (nSPS) is 12.1. The highest BCUT2D eigenvalue weighted by atomic mass is 79.9. The van der Waals surface area contributed by atoms with Gasteiger partial charge in [0.25, 0.3) is 5.91 Å². The van der Waals surface area contributed by atoms with Gasteiger partial charge in [-0.25, -0.2) is 0 Å². The minimum absolute atomic E-state index is 0.141. The van der Waals surface area contributed by atoms with Crippen molar-refractivity contribution in [2.75, 3.05) is 0 Å². The van der Waals surface area contributed by atoms with E-state index in [2.05, 4.69) is 21.2 Å². The van der Waals surface area contributed by atoms with Crippen LogP contribution in [0.5, 0.6) is 0 Å². The standard InChI is InChI=1S/C18H15BrN2O2/c1-11(12-5-3-2-4-6-12)21-18(22)15-10-13-9-14(19)7-8-16(13)23-17(15)20/h2-11,20H,1H3,(H,21,22)/t11-/m0/s1. The Bertz CT molecular complexity index is 919. The number of hydrogen-bond acceptors (Lipinski definition) is 3. The highest BCUT2D eigenvalue weighted by Crippen LogP contribution is 2.19. The number of rotatable bonds is 3. The van der Waals surface area contributed by atoms with E-state index >= 15 is 0 Å². The van der Waals surface area contributed by atoms with Gasteiger partial charge < -0.3 is 9.73 Å². The number of amides is 1. The third-order valence-corrected chi connectivity index (χ3v) is 4.11. The summed E-state index contributed by atoms with van der Waals surface area (Å²) in [5.74, 6) is -0.322. The van der Waals surface area contributed by atoms with Crippen LogP contribution in [0.15, 0.2) is 63.5 Å². The summed E-state index contributed by atoms with van der Waals surface area (Å²) in [6.07, 6.45) is 0. The lowest BCUT2D eigenvalue weighted by Gasteiger charge is -2.14. The summed E-state index contributed by atoms with van der Waals surface area (Å²) in [6, 6.07) is 16.7. The molecule has 2 N–H and O–H groups in total. The minimum Gasteiger partial charge on any atom is -0.438 e. The van der Waals surface area contributed by atoms with Crippen LogP contribution >= 0.6 is 15.9 Å². The predicted molar refractivity (Wildman–Crippen MR) is 92.1 cm³/mol. The Kier molecular flexibility index (Phi) is 4.30. The third kappa shape index (κ3) is 3.35. The quantitative estimate of drug-likeness (QED) is 0.726. The van der Waals surface area contributed by atoms with Crippen molar-refractivity contribution in [2.24, 2.45) is 0 Å². The largest absolute Gasteiger partial charge is 0.438 e. The molecule has 1 aromatic heterocycles. The Hall–Kier alpha value is -2.40. The van der Waals surface area contributed by atoms with E-state index in [4.69, 9.17) is 9.83 Å². The van der Waals surface area contributed by atoms with E-state index < -0.39 is 0 Å². The van der Waals surface area contributed by atoms with E-state index in [-0.39, 0.29) is 23.1 Å². The first-order valence-corrected chi connectivity index (χ1v) is 7.98. The summed E-state index contributed by atoms with van der Waals surface area (Å²) in [5, 5.41) is 11.6. The molecule has 0 aliphatic heterocycles. The van der Waals surface area contributed by atoms with Gasteiger partial charge in [-0.15, -0.1) is 0 Å². The number of fused-ring (bicyclic) bond motifs is 1. The lowest BCUT2D eigenvalue weighted by molar-refractivity contribution is 0.0935. The maximum atomic E-state index is 12.5. The zero-order chi connectivity index (χ0) is 16.4. The van der Waals surface area contributed by atoms with Crippen molar-refractivity contribution in [1.29, 1.82) is 5.41 Å². The van der Waals surface area contributed by atoms with E-state index in [1.807, 2.05) is 49.4 Å². The Morgan fingerprint density at radius 3 is 2.65 bits per heavy atom.